The van der Waals surface area contributed by atoms with Crippen LogP contribution in [0.25, 0.3) is 0 Å². The molecule has 0 aliphatic heterocycles. The maximum absolute atomic E-state index is 13.6. The number of benzene rings is 1. The molecular formula is C12H11F2NO3S. The highest BCUT2D eigenvalue weighted by Gasteiger charge is 2.24. The SMILES string of the molecule is CC(=O)SCC(O)C(O)c1cc(F)c(C#N)cc1F. The summed E-state index contributed by atoms with van der Waals surface area (Å²) in [5, 5.41) is 27.5. The maximum Gasteiger partial charge on any atom is 0.185 e. The van der Waals surface area contributed by atoms with E-state index in [0.29, 0.717) is 12.1 Å². The summed E-state index contributed by atoms with van der Waals surface area (Å²) in [7, 11) is 0. The lowest BCUT2D eigenvalue weighted by Crippen LogP contribution is -2.22. The van der Waals surface area contributed by atoms with E-state index in [-0.39, 0.29) is 10.9 Å². The van der Waals surface area contributed by atoms with E-state index >= 15 is 0 Å². The number of halogens is 2. The minimum absolute atomic E-state index is 0.141. The number of aliphatic hydroxyl groups excluding tert-OH is 2. The molecule has 0 saturated carbocycles. The van der Waals surface area contributed by atoms with E-state index in [1.165, 1.54) is 13.0 Å². The molecule has 0 spiro atoms. The third-order valence-corrected chi connectivity index (χ3v) is 3.26. The number of thioether (sulfide) groups is 1. The van der Waals surface area contributed by atoms with Crippen molar-refractivity contribution in [2.45, 2.75) is 19.1 Å². The van der Waals surface area contributed by atoms with Crippen LogP contribution in [-0.2, 0) is 4.79 Å². The van der Waals surface area contributed by atoms with Gasteiger partial charge in [0, 0.05) is 18.2 Å². The summed E-state index contributed by atoms with van der Waals surface area (Å²) < 4.78 is 26.9. The lowest BCUT2D eigenvalue weighted by molar-refractivity contribution is -0.109. The number of carbonyl (C=O) groups is 1. The van der Waals surface area contributed by atoms with Gasteiger partial charge < -0.3 is 10.2 Å². The van der Waals surface area contributed by atoms with Gasteiger partial charge in [-0.25, -0.2) is 8.78 Å². The minimum atomic E-state index is -1.67. The van der Waals surface area contributed by atoms with Crippen LogP contribution >= 0.6 is 11.8 Å². The lowest BCUT2D eigenvalue weighted by atomic mass is 10.0. The van der Waals surface area contributed by atoms with E-state index in [0.717, 1.165) is 11.8 Å². The van der Waals surface area contributed by atoms with Crippen LogP contribution in [0.3, 0.4) is 0 Å². The molecule has 0 saturated heterocycles. The topological polar surface area (TPSA) is 81.3 Å². The fourth-order valence-electron chi connectivity index (χ4n) is 1.38. The lowest BCUT2D eigenvalue weighted by Gasteiger charge is -2.18. The zero-order valence-electron chi connectivity index (χ0n) is 9.93. The van der Waals surface area contributed by atoms with Crippen LogP contribution in [0.4, 0.5) is 8.78 Å². The Bertz CT molecular complexity index is 530. The quantitative estimate of drug-likeness (QED) is 0.877. The molecule has 0 aromatic heterocycles. The Balaban J connectivity index is 2.94. The average Bonchev–Trinajstić information content (AvgIpc) is 2.37. The molecule has 2 N–H and O–H groups in total. The molecule has 1 aromatic carbocycles. The van der Waals surface area contributed by atoms with Crippen molar-refractivity contribution in [1.29, 1.82) is 5.26 Å². The molecular weight excluding hydrogens is 276 g/mol. The normalized spacial score (nSPS) is 13.7. The van der Waals surface area contributed by atoms with E-state index in [4.69, 9.17) is 5.26 Å². The minimum Gasteiger partial charge on any atom is -0.389 e. The molecule has 0 fully saturated rings. The van der Waals surface area contributed by atoms with Gasteiger partial charge in [0.25, 0.3) is 0 Å². The van der Waals surface area contributed by atoms with Crippen LogP contribution in [0.15, 0.2) is 12.1 Å². The Morgan fingerprint density at radius 1 is 1.42 bits per heavy atom. The van der Waals surface area contributed by atoms with Crippen LogP contribution in [0.5, 0.6) is 0 Å². The van der Waals surface area contributed by atoms with Crippen molar-refractivity contribution in [3.8, 4) is 6.07 Å². The molecule has 2 atom stereocenters. The van der Waals surface area contributed by atoms with Gasteiger partial charge in [0.15, 0.2) is 5.12 Å². The summed E-state index contributed by atoms with van der Waals surface area (Å²) in [5.74, 6) is -2.11. The van der Waals surface area contributed by atoms with Crippen LogP contribution in [0.1, 0.15) is 24.2 Å². The Labute approximate surface area is 112 Å². The van der Waals surface area contributed by atoms with E-state index in [1.54, 1.807) is 0 Å². The fraction of sp³-hybridized carbons (Fsp3) is 0.333. The Kier molecular flexibility index (Phi) is 5.42. The standard InChI is InChI=1S/C12H11F2NO3S/c1-6(16)19-5-11(17)12(18)8-3-9(13)7(4-15)2-10(8)14/h2-3,11-12,17-18H,5H2,1H3. The number of nitriles is 1. The zero-order chi connectivity index (χ0) is 14.6. The largest absolute Gasteiger partial charge is 0.389 e. The van der Waals surface area contributed by atoms with E-state index in [1.807, 2.05) is 0 Å². The molecule has 0 bridgehead atoms. The molecule has 0 heterocycles. The fourth-order valence-corrected chi connectivity index (χ4v) is 1.96. The van der Waals surface area contributed by atoms with Gasteiger partial charge in [0.05, 0.1) is 11.7 Å². The number of nitrogens with zero attached hydrogens (tertiary/aromatic N) is 1. The molecule has 0 radical (unpaired) electrons. The smallest absolute Gasteiger partial charge is 0.185 e. The summed E-state index contributed by atoms with van der Waals surface area (Å²) in [5.41, 5.74) is -0.936. The van der Waals surface area contributed by atoms with Gasteiger partial charge in [0.2, 0.25) is 0 Å². The van der Waals surface area contributed by atoms with Crippen LogP contribution < -0.4 is 0 Å². The molecule has 19 heavy (non-hydrogen) atoms. The molecule has 0 amide bonds. The van der Waals surface area contributed by atoms with Crippen molar-refractivity contribution in [2.24, 2.45) is 0 Å². The number of rotatable bonds is 4. The first-order valence-electron chi connectivity index (χ1n) is 5.25. The Morgan fingerprint density at radius 3 is 2.58 bits per heavy atom. The first kappa shape index (κ1) is 15.6. The Morgan fingerprint density at radius 2 is 2.05 bits per heavy atom. The third-order valence-electron chi connectivity index (χ3n) is 2.35. The van der Waals surface area contributed by atoms with Gasteiger partial charge in [0.1, 0.15) is 23.8 Å². The van der Waals surface area contributed by atoms with Gasteiger partial charge in [-0.05, 0) is 12.1 Å². The summed E-state index contributed by atoms with van der Waals surface area (Å²) in [4.78, 5) is 10.7. The number of aliphatic hydroxyl groups is 2. The van der Waals surface area contributed by atoms with Crippen LogP contribution in [-0.4, -0.2) is 27.2 Å². The van der Waals surface area contributed by atoms with E-state index < -0.39 is 35.0 Å². The molecule has 1 rings (SSSR count). The Hall–Kier alpha value is -1.49. The van der Waals surface area contributed by atoms with E-state index in [9.17, 15) is 23.8 Å². The first-order valence-corrected chi connectivity index (χ1v) is 6.24. The van der Waals surface area contributed by atoms with Gasteiger partial charge in [-0.15, -0.1) is 0 Å². The number of carbonyl (C=O) groups excluding carboxylic acids is 1. The molecule has 102 valence electrons. The third kappa shape index (κ3) is 3.99. The van der Waals surface area contributed by atoms with Crippen molar-refractivity contribution >= 4 is 16.9 Å². The van der Waals surface area contributed by atoms with Gasteiger partial charge in [-0.3, -0.25) is 4.79 Å². The highest BCUT2D eigenvalue weighted by atomic mass is 32.2. The predicted molar refractivity (Wildman–Crippen MR) is 65.2 cm³/mol. The second kappa shape index (κ2) is 6.61. The highest BCUT2D eigenvalue weighted by molar-refractivity contribution is 8.13. The molecule has 7 heteroatoms. The van der Waals surface area contributed by atoms with Gasteiger partial charge in [-0.2, -0.15) is 5.26 Å². The molecule has 0 aliphatic rings. The summed E-state index contributed by atoms with van der Waals surface area (Å²) in [6, 6.07) is 2.78. The molecule has 2 unspecified atom stereocenters. The highest BCUT2D eigenvalue weighted by Crippen LogP contribution is 2.25. The second-order valence-electron chi connectivity index (χ2n) is 3.78. The number of hydrogen-bond acceptors (Lipinski definition) is 5. The molecule has 1 aromatic rings. The van der Waals surface area contributed by atoms with Gasteiger partial charge in [-0.1, -0.05) is 11.8 Å². The van der Waals surface area contributed by atoms with Crippen molar-refractivity contribution in [3.63, 3.8) is 0 Å². The first-order chi connectivity index (χ1) is 8.86. The van der Waals surface area contributed by atoms with Crippen molar-refractivity contribution < 1.29 is 23.8 Å². The van der Waals surface area contributed by atoms with Crippen molar-refractivity contribution in [3.05, 3.63) is 34.9 Å². The maximum atomic E-state index is 13.6. The summed E-state index contributed by atoms with van der Waals surface area (Å²) >= 11 is 0.763. The zero-order valence-corrected chi connectivity index (χ0v) is 10.7. The number of hydrogen-bond donors (Lipinski definition) is 2. The van der Waals surface area contributed by atoms with Gasteiger partial charge >= 0.3 is 0 Å². The van der Waals surface area contributed by atoms with Crippen LogP contribution in [0.2, 0.25) is 0 Å². The monoisotopic (exact) mass is 287 g/mol. The molecule has 4 nitrogen and oxygen atoms in total. The van der Waals surface area contributed by atoms with Crippen LogP contribution in [0, 0.1) is 23.0 Å². The van der Waals surface area contributed by atoms with Crippen molar-refractivity contribution in [2.75, 3.05) is 5.75 Å². The summed E-state index contributed by atoms with van der Waals surface area (Å²) in [6.45, 7) is 1.28. The van der Waals surface area contributed by atoms with Crippen molar-refractivity contribution in [1.82, 2.24) is 0 Å². The average molecular weight is 287 g/mol. The second-order valence-corrected chi connectivity index (χ2v) is 4.98. The summed E-state index contributed by atoms with van der Waals surface area (Å²) in [6.07, 6.45) is -3.09. The molecule has 0 aliphatic carbocycles. The predicted octanol–water partition coefficient (Wildman–Crippen LogP) is 1.51. The van der Waals surface area contributed by atoms with E-state index in [2.05, 4.69) is 0 Å².